The van der Waals surface area contributed by atoms with E-state index >= 15 is 0 Å². The first kappa shape index (κ1) is 30.6. The summed E-state index contributed by atoms with van der Waals surface area (Å²) in [5, 5.41) is 9.72. The highest BCUT2D eigenvalue weighted by Gasteiger charge is 2.25. The number of hydrogen-bond acceptors (Lipinski definition) is 4. The Balaban J connectivity index is 0.000000281. The van der Waals surface area contributed by atoms with Crippen LogP contribution in [0.4, 0.5) is 0 Å². The van der Waals surface area contributed by atoms with E-state index in [4.69, 9.17) is 4.42 Å². The van der Waals surface area contributed by atoms with Crippen LogP contribution >= 0.6 is 0 Å². The Labute approximate surface area is 224 Å². The summed E-state index contributed by atoms with van der Waals surface area (Å²) in [5.74, 6) is 0.368. The fraction of sp³-hybridized carbons (Fsp3) is 0.576. The van der Waals surface area contributed by atoms with Gasteiger partial charge in [0.05, 0.1) is 0 Å². The molecule has 0 bridgehead atoms. The molecule has 0 saturated heterocycles. The van der Waals surface area contributed by atoms with Gasteiger partial charge in [0.2, 0.25) is 0 Å². The second kappa shape index (κ2) is 10.6. The number of rotatable bonds is 2. The Hall–Kier alpha value is -2.62. The van der Waals surface area contributed by atoms with Gasteiger partial charge in [0.15, 0.2) is 5.58 Å². The Morgan fingerprint density at radius 3 is 1.57 bits per heavy atom. The summed E-state index contributed by atoms with van der Waals surface area (Å²) in [6.45, 7) is 28.0. The second-order valence-corrected chi connectivity index (χ2v) is 14.3. The maximum Gasteiger partial charge on any atom is 0.358 e. The zero-order valence-corrected chi connectivity index (χ0v) is 25.5. The summed E-state index contributed by atoms with van der Waals surface area (Å²) < 4.78 is 5.65. The summed E-state index contributed by atoms with van der Waals surface area (Å²) in [6.07, 6.45) is 1.54. The number of fused-ring (bicyclic) bond motifs is 1. The lowest BCUT2D eigenvalue weighted by Crippen LogP contribution is -2.19. The van der Waals surface area contributed by atoms with Crippen molar-refractivity contribution in [2.24, 2.45) is 0 Å². The molecule has 0 saturated carbocycles. The van der Waals surface area contributed by atoms with Crippen LogP contribution in [0.15, 0.2) is 39.5 Å². The first-order valence-electron chi connectivity index (χ1n) is 13.5. The Kier molecular flexibility index (Phi) is 8.79. The average molecular weight is 508 g/mol. The molecule has 0 aliphatic carbocycles. The van der Waals surface area contributed by atoms with E-state index in [1.165, 1.54) is 16.7 Å². The van der Waals surface area contributed by atoms with Gasteiger partial charge in [-0.2, -0.15) is 0 Å². The van der Waals surface area contributed by atoms with Crippen molar-refractivity contribution in [3.8, 4) is 5.75 Å². The molecule has 3 rings (SSSR count). The van der Waals surface area contributed by atoms with Crippen molar-refractivity contribution in [3.63, 3.8) is 0 Å². The minimum Gasteiger partial charge on any atom is -0.508 e. The van der Waals surface area contributed by atoms with Crippen molar-refractivity contribution in [1.29, 1.82) is 0 Å². The largest absolute Gasteiger partial charge is 0.508 e. The van der Waals surface area contributed by atoms with Gasteiger partial charge in [-0.3, -0.25) is 0 Å². The van der Waals surface area contributed by atoms with Crippen molar-refractivity contribution >= 4 is 11.1 Å². The highest BCUT2D eigenvalue weighted by atomic mass is 16.4. The van der Waals surface area contributed by atoms with Crippen molar-refractivity contribution in [1.82, 2.24) is 4.98 Å². The number of benzene rings is 2. The number of aromatic hydroxyl groups is 1. The van der Waals surface area contributed by atoms with E-state index in [1.807, 2.05) is 19.1 Å². The van der Waals surface area contributed by atoms with Gasteiger partial charge >= 0.3 is 5.63 Å². The Morgan fingerprint density at radius 2 is 1.16 bits per heavy atom. The molecule has 4 heteroatoms. The molecule has 0 aliphatic heterocycles. The number of phenolic OH excluding ortho intramolecular Hbond substituents is 1. The molecule has 0 unspecified atom stereocenters. The minimum absolute atomic E-state index is 0.0247. The van der Waals surface area contributed by atoms with Crippen molar-refractivity contribution in [2.75, 3.05) is 0 Å². The van der Waals surface area contributed by atoms with Gasteiger partial charge in [0, 0.05) is 5.56 Å². The van der Waals surface area contributed by atoms with E-state index < -0.39 is 0 Å². The Bertz CT molecular complexity index is 1250. The maximum atomic E-state index is 12.2. The highest BCUT2D eigenvalue weighted by molar-refractivity contribution is 5.78. The van der Waals surface area contributed by atoms with Crippen LogP contribution in [0, 0.1) is 0 Å². The maximum absolute atomic E-state index is 12.2. The summed E-state index contributed by atoms with van der Waals surface area (Å²) in [6, 6.07) is 10.1. The van der Waals surface area contributed by atoms with Gasteiger partial charge < -0.3 is 9.52 Å². The number of nitrogens with zero attached hydrogens (tertiary/aromatic N) is 1. The molecule has 0 amide bonds. The first-order valence-corrected chi connectivity index (χ1v) is 13.5. The van der Waals surface area contributed by atoms with Crippen LogP contribution in [0.1, 0.15) is 124 Å². The molecule has 37 heavy (non-hydrogen) atoms. The fourth-order valence-electron chi connectivity index (χ4n) is 4.01. The summed E-state index contributed by atoms with van der Waals surface area (Å²) in [7, 11) is 0. The predicted octanol–water partition coefficient (Wildman–Crippen LogP) is 8.72. The highest BCUT2D eigenvalue weighted by Crippen LogP contribution is 2.34. The molecule has 1 heterocycles. The van der Waals surface area contributed by atoms with Gasteiger partial charge in [0.25, 0.3) is 0 Å². The normalized spacial score (nSPS) is 12.9. The predicted molar refractivity (Wildman–Crippen MR) is 157 cm³/mol. The van der Waals surface area contributed by atoms with E-state index in [-0.39, 0.29) is 27.3 Å². The zero-order valence-electron chi connectivity index (χ0n) is 25.5. The first-order chi connectivity index (χ1) is 16.6. The number of phenols is 1. The lowest BCUT2D eigenvalue weighted by Gasteiger charge is -2.25. The lowest BCUT2D eigenvalue weighted by molar-refractivity contribution is 0.466. The van der Waals surface area contributed by atoms with Crippen LogP contribution in [-0.2, 0) is 28.1 Å². The van der Waals surface area contributed by atoms with Crippen LogP contribution in [-0.4, -0.2) is 10.1 Å². The summed E-state index contributed by atoms with van der Waals surface area (Å²) in [4.78, 5) is 16.8. The quantitative estimate of drug-likeness (QED) is 0.377. The van der Waals surface area contributed by atoms with E-state index in [0.29, 0.717) is 23.4 Å². The van der Waals surface area contributed by atoms with Gasteiger partial charge in [-0.1, -0.05) is 109 Å². The number of aryl methyl sites for hydroxylation is 1. The number of aromatic nitrogens is 1. The standard InChI is InChI=1S/C19H27NO2.C14H22O/c1-8-9-14-17(21)22-16-13(19(5,6)7)10-12(18(2,3)4)11-15(16)20-14;1-13(2,3)10-7-11(14(4,5)6)9-12(15)8-10/h10-11H,8-9H2,1-7H3;7-9,15H,1-6H3. The van der Waals surface area contributed by atoms with Gasteiger partial charge in [-0.25, -0.2) is 9.78 Å². The smallest absolute Gasteiger partial charge is 0.358 e. The molecule has 204 valence electrons. The molecule has 2 aromatic carbocycles. The molecule has 3 aromatic rings. The third kappa shape index (κ3) is 7.93. The van der Waals surface area contributed by atoms with Crippen LogP contribution in [0.3, 0.4) is 0 Å². The SMILES string of the molecule is CC(C)(C)c1cc(O)cc(C(C)(C)C)c1.CCCc1nc2cc(C(C)(C)C)cc(C(C)(C)C)c2oc1=O. The summed E-state index contributed by atoms with van der Waals surface area (Å²) in [5.41, 5.74) is 6.36. The van der Waals surface area contributed by atoms with Crippen LogP contribution in [0.2, 0.25) is 0 Å². The number of hydrogen-bond donors (Lipinski definition) is 1. The zero-order chi connectivity index (χ0) is 28.6. The van der Waals surface area contributed by atoms with Gasteiger partial charge in [0.1, 0.15) is 17.0 Å². The average Bonchev–Trinajstić information content (AvgIpc) is 2.71. The Morgan fingerprint density at radius 1 is 0.703 bits per heavy atom. The van der Waals surface area contributed by atoms with E-state index in [2.05, 4.69) is 106 Å². The van der Waals surface area contributed by atoms with E-state index in [1.54, 1.807) is 0 Å². The van der Waals surface area contributed by atoms with Gasteiger partial charge in [-0.05, 0) is 63.0 Å². The topological polar surface area (TPSA) is 63.3 Å². The molecule has 1 N–H and O–H groups in total. The molecular formula is C33H49NO3. The molecule has 0 spiro atoms. The third-order valence-electron chi connectivity index (χ3n) is 6.57. The van der Waals surface area contributed by atoms with Crippen molar-refractivity contribution in [2.45, 2.75) is 125 Å². The lowest BCUT2D eigenvalue weighted by atomic mass is 9.80. The van der Waals surface area contributed by atoms with Crippen molar-refractivity contribution in [3.05, 3.63) is 68.7 Å². The summed E-state index contributed by atoms with van der Waals surface area (Å²) >= 11 is 0. The van der Waals surface area contributed by atoms with Crippen LogP contribution < -0.4 is 5.63 Å². The van der Waals surface area contributed by atoms with Crippen LogP contribution in [0.5, 0.6) is 5.75 Å². The third-order valence-corrected chi connectivity index (χ3v) is 6.57. The van der Waals surface area contributed by atoms with Crippen molar-refractivity contribution < 1.29 is 9.52 Å². The van der Waals surface area contributed by atoms with E-state index in [0.717, 1.165) is 17.5 Å². The molecule has 0 fully saturated rings. The molecule has 0 atom stereocenters. The molecule has 4 nitrogen and oxygen atoms in total. The second-order valence-electron chi connectivity index (χ2n) is 14.3. The van der Waals surface area contributed by atoms with E-state index in [9.17, 15) is 9.90 Å². The molecule has 0 radical (unpaired) electrons. The molecule has 1 aromatic heterocycles. The minimum atomic E-state index is -0.302. The fourth-order valence-corrected chi connectivity index (χ4v) is 4.01. The molecular weight excluding hydrogens is 458 g/mol. The molecule has 0 aliphatic rings. The van der Waals surface area contributed by atoms with Crippen LogP contribution in [0.25, 0.3) is 11.1 Å². The monoisotopic (exact) mass is 507 g/mol. The van der Waals surface area contributed by atoms with Gasteiger partial charge in [-0.15, -0.1) is 0 Å².